The highest BCUT2D eigenvalue weighted by Gasteiger charge is 2.26. The predicted molar refractivity (Wildman–Crippen MR) is 111 cm³/mol. The molecule has 7 nitrogen and oxygen atoms in total. The van der Waals surface area contributed by atoms with Crippen molar-refractivity contribution in [1.82, 2.24) is 20.0 Å². The van der Waals surface area contributed by atoms with Crippen LogP contribution in [0, 0.1) is 5.92 Å². The summed E-state index contributed by atoms with van der Waals surface area (Å²) in [5.41, 5.74) is 2.68. The molecule has 1 aromatic carbocycles. The van der Waals surface area contributed by atoms with E-state index < -0.39 is 0 Å². The number of benzene rings is 1. The number of amides is 1. The second-order valence-electron chi connectivity index (χ2n) is 7.66. The van der Waals surface area contributed by atoms with Crippen LogP contribution in [0.25, 0.3) is 11.5 Å². The number of pyridine rings is 1. The monoisotopic (exact) mass is 391 g/mol. The van der Waals surface area contributed by atoms with Crippen molar-refractivity contribution in [3.05, 3.63) is 60.2 Å². The normalized spacial score (nSPS) is 16.6. The van der Waals surface area contributed by atoms with Gasteiger partial charge in [-0.2, -0.15) is 4.98 Å². The fourth-order valence-electron chi connectivity index (χ4n) is 3.71. The molecule has 2 aromatic heterocycles. The van der Waals surface area contributed by atoms with Crippen molar-refractivity contribution in [2.45, 2.75) is 19.3 Å². The quantitative estimate of drug-likeness (QED) is 0.664. The van der Waals surface area contributed by atoms with Gasteiger partial charge in [0.2, 0.25) is 0 Å². The summed E-state index contributed by atoms with van der Waals surface area (Å²) in [6, 6.07) is 11.5. The van der Waals surface area contributed by atoms with Crippen LogP contribution in [0.15, 0.2) is 53.3 Å². The standard InChI is InChI=1S/C22H25N5O2/c1-26(2)19-7-5-18(6-8-19)22(28)27-13-3-4-16(15-27)14-20-24-21(29-25-20)17-9-11-23-12-10-17/h5-12,16H,3-4,13-15H2,1-2H3. The lowest BCUT2D eigenvalue weighted by atomic mass is 9.94. The van der Waals surface area contributed by atoms with E-state index >= 15 is 0 Å². The van der Waals surface area contributed by atoms with E-state index in [1.807, 2.05) is 60.3 Å². The summed E-state index contributed by atoms with van der Waals surface area (Å²) in [7, 11) is 3.98. The van der Waals surface area contributed by atoms with E-state index in [1.165, 1.54) is 0 Å². The summed E-state index contributed by atoms with van der Waals surface area (Å²) in [5.74, 6) is 1.61. The zero-order valence-electron chi connectivity index (χ0n) is 16.8. The zero-order chi connectivity index (χ0) is 20.2. The van der Waals surface area contributed by atoms with Gasteiger partial charge < -0.3 is 14.3 Å². The number of hydrogen-bond donors (Lipinski definition) is 0. The van der Waals surface area contributed by atoms with Gasteiger partial charge in [-0.25, -0.2) is 0 Å². The number of carbonyl (C=O) groups excluding carboxylic acids is 1. The molecule has 1 amide bonds. The molecule has 3 heterocycles. The highest BCUT2D eigenvalue weighted by Crippen LogP contribution is 2.23. The Morgan fingerprint density at radius 2 is 1.93 bits per heavy atom. The smallest absolute Gasteiger partial charge is 0.258 e. The lowest BCUT2D eigenvalue weighted by Gasteiger charge is -2.32. The minimum Gasteiger partial charge on any atom is -0.378 e. The van der Waals surface area contributed by atoms with Gasteiger partial charge in [0.05, 0.1) is 0 Å². The van der Waals surface area contributed by atoms with Crippen LogP contribution in [0.1, 0.15) is 29.0 Å². The Morgan fingerprint density at radius 1 is 1.17 bits per heavy atom. The molecule has 0 bridgehead atoms. The van der Waals surface area contributed by atoms with Crippen LogP contribution in [0.3, 0.4) is 0 Å². The summed E-state index contributed by atoms with van der Waals surface area (Å²) in [6.07, 6.45) is 6.16. The minimum atomic E-state index is 0.0885. The SMILES string of the molecule is CN(C)c1ccc(C(=O)N2CCCC(Cc3noc(-c4ccncc4)n3)C2)cc1. The molecule has 1 fully saturated rings. The van der Waals surface area contributed by atoms with E-state index in [4.69, 9.17) is 4.52 Å². The largest absolute Gasteiger partial charge is 0.378 e. The van der Waals surface area contributed by atoms with Crippen molar-refractivity contribution in [2.75, 3.05) is 32.1 Å². The lowest BCUT2D eigenvalue weighted by molar-refractivity contribution is 0.0672. The molecule has 29 heavy (non-hydrogen) atoms. The molecule has 4 rings (SSSR count). The van der Waals surface area contributed by atoms with Gasteiger partial charge in [-0.1, -0.05) is 5.16 Å². The first-order chi connectivity index (χ1) is 14.1. The molecule has 0 saturated carbocycles. The molecule has 0 spiro atoms. The summed E-state index contributed by atoms with van der Waals surface area (Å²) in [5, 5.41) is 4.13. The Bertz CT molecular complexity index is 953. The molecule has 1 unspecified atom stereocenters. The van der Waals surface area contributed by atoms with Crippen molar-refractivity contribution in [3.8, 4) is 11.5 Å². The van der Waals surface area contributed by atoms with Crippen LogP contribution in [-0.4, -0.2) is 53.1 Å². The third-order valence-electron chi connectivity index (χ3n) is 5.30. The van der Waals surface area contributed by atoms with Gasteiger partial charge in [-0.15, -0.1) is 0 Å². The highest BCUT2D eigenvalue weighted by atomic mass is 16.5. The molecule has 7 heteroatoms. The molecule has 3 aromatic rings. The Hall–Kier alpha value is -3.22. The summed E-state index contributed by atoms with van der Waals surface area (Å²) < 4.78 is 5.39. The number of nitrogens with zero attached hydrogens (tertiary/aromatic N) is 5. The van der Waals surface area contributed by atoms with Gasteiger partial charge in [0, 0.05) is 62.8 Å². The fourth-order valence-corrected chi connectivity index (χ4v) is 3.71. The van der Waals surface area contributed by atoms with Crippen LogP contribution in [0.2, 0.25) is 0 Å². The molecular formula is C22H25N5O2. The molecule has 0 N–H and O–H groups in total. The number of likely N-dealkylation sites (tertiary alicyclic amines) is 1. The Kier molecular flexibility index (Phi) is 5.55. The number of rotatable bonds is 5. The van der Waals surface area contributed by atoms with Crippen molar-refractivity contribution in [1.29, 1.82) is 0 Å². The first kappa shape index (κ1) is 19.1. The van der Waals surface area contributed by atoms with E-state index in [0.717, 1.165) is 36.2 Å². The average Bonchev–Trinajstić information content (AvgIpc) is 3.22. The number of anilines is 1. The minimum absolute atomic E-state index is 0.0885. The van der Waals surface area contributed by atoms with Crippen molar-refractivity contribution in [2.24, 2.45) is 5.92 Å². The van der Waals surface area contributed by atoms with Crippen molar-refractivity contribution in [3.63, 3.8) is 0 Å². The van der Waals surface area contributed by atoms with Crippen LogP contribution < -0.4 is 4.90 Å². The number of aromatic nitrogens is 3. The molecule has 0 aliphatic carbocycles. The fraction of sp³-hybridized carbons (Fsp3) is 0.364. The van der Waals surface area contributed by atoms with E-state index in [0.29, 0.717) is 30.6 Å². The molecule has 0 radical (unpaired) electrons. The van der Waals surface area contributed by atoms with Crippen LogP contribution in [-0.2, 0) is 6.42 Å². The highest BCUT2D eigenvalue weighted by molar-refractivity contribution is 5.94. The second-order valence-corrected chi connectivity index (χ2v) is 7.66. The third-order valence-corrected chi connectivity index (χ3v) is 5.30. The Morgan fingerprint density at radius 3 is 2.66 bits per heavy atom. The van der Waals surface area contributed by atoms with Gasteiger partial charge >= 0.3 is 0 Å². The molecule has 1 aliphatic heterocycles. The Labute approximate surface area is 170 Å². The topological polar surface area (TPSA) is 75.4 Å². The molecule has 1 saturated heterocycles. The first-order valence-electron chi connectivity index (χ1n) is 9.90. The maximum atomic E-state index is 12.9. The number of hydrogen-bond acceptors (Lipinski definition) is 6. The number of carbonyl (C=O) groups is 1. The van der Waals surface area contributed by atoms with E-state index in [1.54, 1.807) is 12.4 Å². The summed E-state index contributed by atoms with van der Waals surface area (Å²) >= 11 is 0. The Balaban J connectivity index is 1.39. The van der Waals surface area contributed by atoms with Gasteiger partial charge in [-0.05, 0) is 55.2 Å². The van der Waals surface area contributed by atoms with Gasteiger partial charge in [0.25, 0.3) is 11.8 Å². The maximum Gasteiger partial charge on any atom is 0.258 e. The van der Waals surface area contributed by atoms with Crippen LogP contribution >= 0.6 is 0 Å². The lowest BCUT2D eigenvalue weighted by Crippen LogP contribution is -2.40. The van der Waals surface area contributed by atoms with Crippen LogP contribution in [0.4, 0.5) is 5.69 Å². The average molecular weight is 391 g/mol. The zero-order valence-corrected chi connectivity index (χ0v) is 16.8. The predicted octanol–water partition coefficient (Wildman–Crippen LogP) is 3.29. The molecular weight excluding hydrogens is 366 g/mol. The third kappa shape index (κ3) is 4.45. The summed E-state index contributed by atoms with van der Waals surface area (Å²) in [4.78, 5) is 25.4. The van der Waals surface area contributed by atoms with Gasteiger partial charge in [-0.3, -0.25) is 9.78 Å². The maximum absolute atomic E-state index is 12.9. The van der Waals surface area contributed by atoms with Crippen molar-refractivity contribution < 1.29 is 9.32 Å². The van der Waals surface area contributed by atoms with E-state index in [9.17, 15) is 4.79 Å². The van der Waals surface area contributed by atoms with E-state index in [2.05, 4.69) is 15.1 Å². The van der Waals surface area contributed by atoms with Crippen LogP contribution in [0.5, 0.6) is 0 Å². The molecule has 150 valence electrons. The molecule has 1 atom stereocenters. The van der Waals surface area contributed by atoms with Gasteiger partial charge in [0.15, 0.2) is 5.82 Å². The van der Waals surface area contributed by atoms with Crippen molar-refractivity contribution >= 4 is 11.6 Å². The first-order valence-corrected chi connectivity index (χ1v) is 9.90. The van der Waals surface area contributed by atoms with Gasteiger partial charge in [0.1, 0.15) is 0 Å². The number of piperidine rings is 1. The summed E-state index contributed by atoms with van der Waals surface area (Å²) in [6.45, 7) is 1.51. The second kappa shape index (κ2) is 8.43. The van der Waals surface area contributed by atoms with E-state index in [-0.39, 0.29) is 5.91 Å². The molecule has 1 aliphatic rings.